The van der Waals surface area contributed by atoms with Crippen LogP contribution in [0.2, 0.25) is 0 Å². The number of carbonyl (C=O) groups is 1. The van der Waals surface area contributed by atoms with E-state index in [1.165, 1.54) is 5.56 Å². The van der Waals surface area contributed by atoms with Crippen LogP contribution in [0.15, 0.2) is 46.9 Å². The molecule has 6 nitrogen and oxygen atoms in total. The summed E-state index contributed by atoms with van der Waals surface area (Å²) in [5.41, 5.74) is 1.20. The van der Waals surface area contributed by atoms with Crippen LogP contribution in [0, 0.1) is 0 Å². The summed E-state index contributed by atoms with van der Waals surface area (Å²) in [5, 5.41) is 12.9. The third kappa shape index (κ3) is 4.69. The first-order valence-electron chi connectivity index (χ1n) is 8.47. The first kappa shape index (κ1) is 17.7. The third-order valence-corrected chi connectivity index (χ3v) is 4.40. The number of carbonyl (C=O) groups excluding carboxylic acids is 1. The van der Waals surface area contributed by atoms with Crippen molar-refractivity contribution >= 4 is 5.91 Å². The molecule has 2 heterocycles. The summed E-state index contributed by atoms with van der Waals surface area (Å²) in [6.45, 7) is 2.20. The van der Waals surface area contributed by atoms with E-state index in [2.05, 4.69) is 22.3 Å². The first-order chi connectivity index (χ1) is 12.2. The molecule has 2 unspecified atom stereocenters. The van der Waals surface area contributed by atoms with Gasteiger partial charge in [-0.1, -0.05) is 30.3 Å². The van der Waals surface area contributed by atoms with E-state index in [1.54, 1.807) is 19.2 Å². The van der Waals surface area contributed by atoms with Gasteiger partial charge >= 0.3 is 0 Å². The quantitative estimate of drug-likeness (QED) is 0.801. The fourth-order valence-electron chi connectivity index (χ4n) is 3.20. The zero-order valence-electron chi connectivity index (χ0n) is 14.4. The van der Waals surface area contributed by atoms with E-state index in [0.29, 0.717) is 31.9 Å². The molecule has 0 spiro atoms. The van der Waals surface area contributed by atoms with Gasteiger partial charge in [-0.2, -0.15) is 0 Å². The number of likely N-dealkylation sites (tertiary alicyclic amines) is 1. The van der Waals surface area contributed by atoms with Gasteiger partial charge in [-0.3, -0.25) is 9.69 Å². The van der Waals surface area contributed by atoms with Crippen LogP contribution in [0.4, 0.5) is 0 Å². The predicted octanol–water partition coefficient (Wildman–Crippen LogP) is 1.79. The first-order valence-corrected chi connectivity index (χ1v) is 8.47. The monoisotopic (exact) mass is 344 g/mol. The Morgan fingerprint density at radius 1 is 1.32 bits per heavy atom. The maximum absolute atomic E-state index is 12.2. The molecule has 6 heteroatoms. The smallest absolute Gasteiger partial charge is 0.287 e. The molecule has 3 rings (SSSR count). The fraction of sp³-hybridized carbons (Fsp3) is 0.421. The molecular weight excluding hydrogens is 320 g/mol. The SMILES string of the molecule is COCc1ccc(C(=O)NCC2CC(O)CN2Cc2ccccc2)o1. The van der Waals surface area contributed by atoms with Gasteiger partial charge in [0.2, 0.25) is 0 Å². The molecule has 0 radical (unpaired) electrons. The van der Waals surface area contributed by atoms with Crippen molar-refractivity contribution in [2.24, 2.45) is 0 Å². The number of hydrogen-bond acceptors (Lipinski definition) is 5. The lowest BCUT2D eigenvalue weighted by Gasteiger charge is -2.24. The number of furan rings is 1. The van der Waals surface area contributed by atoms with E-state index in [1.807, 2.05) is 18.2 Å². The second-order valence-electron chi connectivity index (χ2n) is 6.37. The van der Waals surface area contributed by atoms with Crippen molar-refractivity contribution < 1.29 is 19.1 Å². The number of ether oxygens (including phenoxy) is 1. The highest BCUT2D eigenvalue weighted by molar-refractivity contribution is 5.91. The molecule has 1 aliphatic rings. The molecule has 1 aromatic carbocycles. The highest BCUT2D eigenvalue weighted by Gasteiger charge is 2.31. The van der Waals surface area contributed by atoms with Gasteiger partial charge in [0.05, 0.1) is 6.10 Å². The van der Waals surface area contributed by atoms with Gasteiger partial charge in [-0.15, -0.1) is 0 Å². The molecule has 1 aliphatic heterocycles. The molecule has 1 amide bonds. The van der Waals surface area contributed by atoms with Crippen LogP contribution in [0.3, 0.4) is 0 Å². The van der Waals surface area contributed by atoms with Crippen LogP contribution in [-0.2, 0) is 17.9 Å². The summed E-state index contributed by atoms with van der Waals surface area (Å²) in [7, 11) is 1.58. The fourth-order valence-corrected chi connectivity index (χ4v) is 3.20. The summed E-state index contributed by atoms with van der Waals surface area (Å²) >= 11 is 0. The summed E-state index contributed by atoms with van der Waals surface area (Å²) in [6, 6.07) is 13.6. The topological polar surface area (TPSA) is 74.9 Å². The molecule has 1 aromatic heterocycles. The predicted molar refractivity (Wildman–Crippen MR) is 93.0 cm³/mol. The Labute approximate surface area is 147 Å². The Hall–Kier alpha value is -2.15. The minimum atomic E-state index is -0.359. The van der Waals surface area contributed by atoms with Crippen LogP contribution in [0.1, 0.15) is 28.3 Å². The van der Waals surface area contributed by atoms with Crippen LogP contribution in [-0.4, -0.2) is 48.3 Å². The van der Waals surface area contributed by atoms with Crippen LogP contribution in [0.25, 0.3) is 0 Å². The van der Waals surface area contributed by atoms with Crippen molar-refractivity contribution in [1.82, 2.24) is 10.2 Å². The lowest BCUT2D eigenvalue weighted by atomic mass is 10.1. The van der Waals surface area contributed by atoms with Gasteiger partial charge < -0.3 is 19.6 Å². The highest BCUT2D eigenvalue weighted by Crippen LogP contribution is 2.20. The van der Waals surface area contributed by atoms with E-state index in [0.717, 1.165) is 6.54 Å². The van der Waals surface area contributed by atoms with E-state index < -0.39 is 0 Å². The Morgan fingerprint density at radius 2 is 2.12 bits per heavy atom. The van der Waals surface area contributed by atoms with Crippen molar-refractivity contribution in [3.63, 3.8) is 0 Å². The molecule has 2 atom stereocenters. The second kappa shape index (κ2) is 8.29. The minimum Gasteiger partial charge on any atom is -0.453 e. The van der Waals surface area contributed by atoms with Gasteiger partial charge in [0, 0.05) is 32.8 Å². The lowest BCUT2D eigenvalue weighted by molar-refractivity contribution is 0.0903. The van der Waals surface area contributed by atoms with Crippen LogP contribution in [0.5, 0.6) is 0 Å². The molecule has 0 bridgehead atoms. The molecular formula is C19H24N2O4. The molecule has 134 valence electrons. The summed E-state index contributed by atoms with van der Waals surface area (Å²) in [5.74, 6) is 0.651. The summed E-state index contributed by atoms with van der Waals surface area (Å²) in [4.78, 5) is 14.4. The Kier molecular flexibility index (Phi) is 5.86. The molecule has 2 N–H and O–H groups in total. The van der Waals surface area contributed by atoms with Gasteiger partial charge in [-0.05, 0) is 24.1 Å². The number of nitrogens with one attached hydrogen (secondary N) is 1. The van der Waals surface area contributed by atoms with Crippen LogP contribution < -0.4 is 5.32 Å². The normalized spacial score (nSPS) is 20.7. The van der Waals surface area contributed by atoms with Gasteiger partial charge in [0.1, 0.15) is 12.4 Å². The van der Waals surface area contributed by atoms with E-state index in [9.17, 15) is 9.90 Å². The van der Waals surface area contributed by atoms with Crippen molar-refractivity contribution in [2.45, 2.75) is 31.7 Å². The summed E-state index contributed by atoms with van der Waals surface area (Å²) < 4.78 is 10.4. The van der Waals surface area contributed by atoms with E-state index in [-0.39, 0.29) is 23.8 Å². The largest absolute Gasteiger partial charge is 0.453 e. The standard InChI is InChI=1S/C19H24N2O4/c1-24-13-17-7-8-18(25-17)19(23)20-10-15-9-16(22)12-21(15)11-14-5-3-2-4-6-14/h2-8,15-16,22H,9-13H2,1H3,(H,20,23). The number of methoxy groups -OCH3 is 1. The summed E-state index contributed by atoms with van der Waals surface area (Å²) in [6.07, 6.45) is 0.294. The number of hydrogen-bond donors (Lipinski definition) is 2. The lowest BCUT2D eigenvalue weighted by Crippen LogP contribution is -2.39. The molecule has 1 fully saturated rings. The average molecular weight is 344 g/mol. The number of amides is 1. The minimum absolute atomic E-state index is 0.104. The van der Waals surface area contributed by atoms with Crippen molar-refractivity contribution in [3.8, 4) is 0 Å². The number of benzene rings is 1. The average Bonchev–Trinajstić information content (AvgIpc) is 3.21. The van der Waals surface area contributed by atoms with Gasteiger partial charge in [-0.25, -0.2) is 0 Å². The number of β-amino-alcohol motifs (C(OH)–C–C–N with tert-alkyl or cyclic N) is 1. The Morgan fingerprint density at radius 3 is 2.88 bits per heavy atom. The number of rotatable bonds is 7. The zero-order valence-corrected chi connectivity index (χ0v) is 14.4. The molecule has 0 aliphatic carbocycles. The zero-order chi connectivity index (χ0) is 17.6. The maximum atomic E-state index is 12.2. The van der Waals surface area contributed by atoms with Crippen molar-refractivity contribution in [1.29, 1.82) is 0 Å². The Bertz CT molecular complexity index is 686. The van der Waals surface area contributed by atoms with Crippen molar-refractivity contribution in [2.75, 3.05) is 20.2 Å². The number of aliphatic hydroxyl groups excluding tert-OH is 1. The van der Waals surface area contributed by atoms with Crippen molar-refractivity contribution in [3.05, 3.63) is 59.5 Å². The van der Waals surface area contributed by atoms with E-state index in [4.69, 9.17) is 9.15 Å². The van der Waals surface area contributed by atoms with Gasteiger partial charge in [0.15, 0.2) is 5.76 Å². The van der Waals surface area contributed by atoms with E-state index >= 15 is 0 Å². The molecule has 1 saturated heterocycles. The third-order valence-electron chi connectivity index (χ3n) is 4.40. The molecule has 0 saturated carbocycles. The Balaban J connectivity index is 1.55. The maximum Gasteiger partial charge on any atom is 0.287 e. The number of aliphatic hydroxyl groups is 1. The highest BCUT2D eigenvalue weighted by atomic mass is 16.5. The second-order valence-corrected chi connectivity index (χ2v) is 6.37. The van der Waals surface area contributed by atoms with Gasteiger partial charge in [0.25, 0.3) is 5.91 Å². The van der Waals surface area contributed by atoms with Crippen LogP contribution >= 0.6 is 0 Å². The number of nitrogens with zero attached hydrogens (tertiary/aromatic N) is 1. The molecule has 25 heavy (non-hydrogen) atoms. The molecule has 2 aromatic rings.